The number of rotatable bonds is 3. The average molecular weight is 330 g/mol. The fourth-order valence-electron chi connectivity index (χ4n) is 3.12. The minimum absolute atomic E-state index is 0.0833. The number of aryl methyl sites for hydroxylation is 1. The Kier molecular flexibility index (Phi) is 3.45. The number of aliphatic hydroxyl groups excluding tert-OH is 1. The Morgan fingerprint density at radius 1 is 1.21 bits per heavy atom. The molecule has 3 aromatic rings. The molecule has 4 rings (SSSR count). The fraction of sp³-hybridized carbons (Fsp3) is 0.294. The van der Waals surface area contributed by atoms with Crippen molar-refractivity contribution >= 4 is 0 Å². The predicted octanol–water partition coefficient (Wildman–Crippen LogP) is 3.22. The van der Waals surface area contributed by atoms with E-state index in [2.05, 4.69) is 15.0 Å². The average Bonchev–Trinajstić information content (AvgIpc) is 3.15. The van der Waals surface area contributed by atoms with Crippen LogP contribution in [-0.2, 0) is 0 Å². The normalized spacial score (nSPS) is 20.2. The van der Waals surface area contributed by atoms with Gasteiger partial charge in [0.1, 0.15) is 11.4 Å². The van der Waals surface area contributed by atoms with E-state index in [-0.39, 0.29) is 11.6 Å². The highest BCUT2D eigenvalue weighted by Crippen LogP contribution is 2.40. The summed E-state index contributed by atoms with van der Waals surface area (Å²) in [6.07, 6.45) is 4.16. The highest BCUT2D eigenvalue weighted by Gasteiger charge is 2.34. The standard InChI is InChI=1S/C17H16F2N4O/c1-9-15(21-7-20-9)17-16(10-3-2-4-11(18)14(10)19)22-8-23(17)12-5-6-13(12)24/h2-4,7-8,12-13,24H,5-6H2,1H3,(H,20,21)/t12-,13+/m0/s1. The molecule has 1 saturated carbocycles. The maximum absolute atomic E-state index is 14.3. The van der Waals surface area contributed by atoms with E-state index in [1.165, 1.54) is 12.1 Å². The molecule has 0 spiro atoms. The van der Waals surface area contributed by atoms with Crippen LogP contribution in [0.4, 0.5) is 8.78 Å². The summed E-state index contributed by atoms with van der Waals surface area (Å²) < 4.78 is 29.8. The molecular weight excluding hydrogens is 314 g/mol. The van der Waals surface area contributed by atoms with E-state index in [0.29, 0.717) is 23.5 Å². The monoisotopic (exact) mass is 330 g/mol. The van der Waals surface area contributed by atoms with Crippen molar-refractivity contribution in [2.75, 3.05) is 0 Å². The number of halogens is 2. The molecule has 7 heteroatoms. The van der Waals surface area contributed by atoms with Crippen molar-refractivity contribution in [3.8, 4) is 22.6 Å². The SMILES string of the molecule is Cc1[nH]cnc1-c1c(-c2cccc(F)c2F)ncn1[C@H]1CC[C@H]1O. The second-order valence-corrected chi connectivity index (χ2v) is 6.04. The molecule has 0 bridgehead atoms. The number of aromatic amines is 1. The molecule has 1 aromatic carbocycles. The summed E-state index contributed by atoms with van der Waals surface area (Å²) in [5.41, 5.74) is 2.40. The number of imidazole rings is 2. The Hall–Kier alpha value is -2.54. The third-order valence-electron chi connectivity index (χ3n) is 4.61. The zero-order chi connectivity index (χ0) is 16.8. The first-order valence-electron chi connectivity index (χ1n) is 7.77. The molecule has 0 aliphatic heterocycles. The number of aliphatic hydroxyl groups is 1. The summed E-state index contributed by atoms with van der Waals surface area (Å²) in [7, 11) is 0. The Balaban J connectivity index is 1.95. The Bertz CT molecular complexity index is 902. The molecular formula is C17H16F2N4O. The van der Waals surface area contributed by atoms with Gasteiger partial charge >= 0.3 is 0 Å². The van der Waals surface area contributed by atoms with Crippen LogP contribution in [0.3, 0.4) is 0 Å². The number of hydrogen-bond donors (Lipinski definition) is 2. The lowest BCUT2D eigenvalue weighted by atomic mass is 9.88. The van der Waals surface area contributed by atoms with E-state index in [0.717, 1.165) is 18.2 Å². The molecule has 1 fully saturated rings. The molecule has 1 aliphatic rings. The summed E-state index contributed by atoms with van der Waals surface area (Å²) in [5.74, 6) is -1.86. The molecule has 2 aromatic heterocycles. The molecule has 0 radical (unpaired) electrons. The molecule has 5 nitrogen and oxygen atoms in total. The summed E-state index contributed by atoms with van der Waals surface area (Å²) in [6, 6.07) is 3.89. The lowest BCUT2D eigenvalue weighted by molar-refractivity contribution is 0.0324. The summed E-state index contributed by atoms with van der Waals surface area (Å²) in [6.45, 7) is 1.85. The van der Waals surface area contributed by atoms with Gasteiger partial charge in [-0.3, -0.25) is 0 Å². The van der Waals surface area contributed by atoms with Crippen LogP contribution < -0.4 is 0 Å². The van der Waals surface area contributed by atoms with E-state index in [9.17, 15) is 13.9 Å². The zero-order valence-electron chi connectivity index (χ0n) is 13.0. The second kappa shape index (κ2) is 5.52. The molecule has 0 amide bonds. The van der Waals surface area contributed by atoms with Crippen molar-refractivity contribution in [1.82, 2.24) is 19.5 Å². The van der Waals surface area contributed by atoms with Crippen LogP contribution in [0.25, 0.3) is 22.6 Å². The minimum atomic E-state index is -0.939. The molecule has 0 saturated heterocycles. The maximum atomic E-state index is 14.3. The second-order valence-electron chi connectivity index (χ2n) is 6.04. The van der Waals surface area contributed by atoms with Crippen molar-refractivity contribution in [2.24, 2.45) is 0 Å². The first-order chi connectivity index (χ1) is 11.6. The fourth-order valence-corrected chi connectivity index (χ4v) is 3.12. The first-order valence-corrected chi connectivity index (χ1v) is 7.77. The van der Waals surface area contributed by atoms with E-state index in [1.807, 2.05) is 11.5 Å². The van der Waals surface area contributed by atoms with E-state index < -0.39 is 17.7 Å². The van der Waals surface area contributed by atoms with Gasteiger partial charge in [-0.2, -0.15) is 0 Å². The molecule has 124 valence electrons. The van der Waals surface area contributed by atoms with Crippen LogP contribution >= 0.6 is 0 Å². The van der Waals surface area contributed by atoms with E-state index >= 15 is 0 Å². The van der Waals surface area contributed by atoms with Crippen LogP contribution in [0.5, 0.6) is 0 Å². The zero-order valence-corrected chi connectivity index (χ0v) is 13.0. The van der Waals surface area contributed by atoms with Gasteiger partial charge in [-0.15, -0.1) is 0 Å². The van der Waals surface area contributed by atoms with Crippen molar-refractivity contribution in [2.45, 2.75) is 31.9 Å². The number of H-pyrrole nitrogens is 1. The van der Waals surface area contributed by atoms with Crippen molar-refractivity contribution in [3.05, 3.63) is 48.2 Å². The van der Waals surface area contributed by atoms with Crippen LogP contribution in [-0.4, -0.2) is 30.7 Å². The smallest absolute Gasteiger partial charge is 0.168 e. The first kappa shape index (κ1) is 15.0. The van der Waals surface area contributed by atoms with Gasteiger partial charge in [-0.1, -0.05) is 6.07 Å². The number of nitrogens with zero attached hydrogens (tertiary/aromatic N) is 3. The molecule has 1 aliphatic carbocycles. The van der Waals surface area contributed by atoms with E-state index in [4.69, 9.17) is 0 Å². The summed E-state index contributed by atoms with van der Waals surface area (Å²) in [5, 5.41) is 10.0. The molecule has 24 heavy (non-hydrogen) atoms. The van der Waals surface area contributed by atoms with Crippen molar-refractivity contribution < 1.29 is 13.9 Å². The number of aromatic nitrogens is 4. The minimum Gasteiger partial charge on any atom is -0.391 e. The van der Waals surface area contributed by atoms with Gasteiger partial charge in [0.25, 0.3) is 0 Å². The largest absolute Gasteiger partial charge is 0.391 e. The topological polar surface area (TPSA) is 66.7 Å². The van der Waals surface area contributed by atoms with Crippen LogP contribution in [0.2, 0.25) is 0 Å². The van der Waals surface area contributed by atoms with Gasteiger partial charge in [0.2, 0.25) is 0 Å². The number of benzene rings is 1. The van der Waals surface area contributed by atoms with Crippen LogP contribution in [0, 0.1) is 18.6 Å². The molecule has 0 unspecified atom stereocenters. The summed E-state index contributed by atoms with van der Waals surface area (Å²) in [4.78, 5) is 11.6. The van der Waals surface area contributed by atoms with Gasteiger partial charge in [0.05, 0.1) is 30.5 Å². The van der Waals surface area contributed by atoms with Crippen LogP contribution in [0.15, 0.2) is 30.9 Å². The molecule has 2 N–H and O–H groups in total. The quantitative estimate of drug-likeness (QED) is 0.775. The number of nitrogens with one attached hydrogen (secondary N) is 1. The Morgan fingerprint density at radius 3 is 2.67 bits per heavy atom. The highest BCUT2D eigenvalue weighted by atomic mass is 19.2. The van der Waals surface area contributed by atoms with E-state index in [1.54, 1.807) is 12.7 Å². The Labute approximate surface area is 137 Å². The van der Waals surface area contributed by atoms with Crippen LogP contribution in [0.1, 0.15) is 24.6 Å². The predicted molar refractivity (Wildman–Crippen MR) is 84.2 cm³/mol. The van der Waals surface area contributed by atoms with Gasteiger partial charge in [-0.05, 0) is 31.9 Å². The Morgan fingerprint density at radius 2 is 2.04 bits per heavy atom. The lowest BCUT2D eigenvalue weighted by Crippen LogP contribution is -2.33. The maximum Gasteiger partial charge on any atom is 0.168 e. The third-order valence-corrected chi connectivity index (χ3v) is 4.61. The molecule has 2 heterocycles. The summed E-state index contributed by atoms with van der Waals surface area (Å²) >= 11 is 0. The lowest BCUT2D eigenvalue weighted by Gasteiger charge is -2.34. The van der Waals surface area contributed by atoms with Crippen molar-refractivity contribution in [1.29, 1.82) is 0 Å². The van der Waals surface area contributed by atoms with Gasteiger partial charge in [-0.25, -0.2) is 18.7 Å². The van der Waals surface area contributed by atoms with Gasteiger partial charge in [0.15, 0.2) is 11.6 Å². The third kappa shape index (κ3) is 2.16. The molecule has 2 atom stereocenters. The number of hydrogen-bond acceptors (Lipinski definition) is 3. The highest BCUT2D eigenvalue weighted by molar-refractivity contribution is 5.78. The van der Waals surface area contributed by atoms with Gasteiger partial charge < -0.3 is 14.7 Å². The van der Waals surface area contributed by atoms with Gasteiger partial charge in [0, 0.05) is 11.3 Å². The van der Waals surface area contributed by atoms with Crippen molar-refractivity contribution in [3.63, 3.8) is 0 Å².